The van der Waals surface area contributed by atoms with E-state index in [1.54, 1.807) is 0 Å². The Labute approximate surface area is 141 Å². The Morgan fingerprint density at radius 2 is 1.21 bits per heavy atom. The zero-order chi connectivity index (χ0) is 12.5. The maximum Gasteiger partial charge on any atom is -1.00 e. The van der Waals surface area contributed by atoms with E-state index in [-0.39, 0.29) is 24.8 Å². The minimum Gasteiger partial charge on any atom is -1.00 e. The van der Waals surface area contributed by atoms with Crippen LogP contribution in [0.5, 0.6) is 0 Å². The van der Waals surface area contributed by atoms with Crippen molar-refractivity contribution in [1.29, 1.82) is 0 Å². The van der Waals surface area contributed by atoms with Crippen LogP contribution < -0.4 is 24.8 Å². The average molecular weight is 464 g/mol. The molecular weight excluding hydrogens is 442 g/mol. The Balaban J connectivity index is 0.00000162. The first-order valence-corrected chi connectivity index (χ1v) is 10.2. The van der Waals surface area contributed by atoms with Crippen LogP contribution in [-0.4, -0.2) is 0 Å². The predicted molar refractivity (Wildman–Crippen MR) is 71.8 cm³/mol. The standard InChI is InChI=1S/2C8H11.2ClH.Hf/c2*1-3-8-5-4-7(2)6-8;;;/h2*4-6H,3H2,1-2H3;2*1H;/q;;;;+2/p-2. The van der Waals surface area contributed by atoms with Gasteiger partial charge in [0, 0.05) is 0 Å². The molecule has 0 nitrogen and oxygen atoms in total. The SMILES string of the molecule is CCC1=C[C](C)([Hf+2][C]2(C)C=CC(CC)=C2)C=C1.[Cl-].[Cl-]. The first-order chi connectivity index (χ1) is 7.99. The van der Waals surface area contributed by atoms with Crippen LogP contribution in [-0.2, 0) is 22.9 Å². The van der Waals surface area contributed by atoms with Crippen molar-refractivity contribution in [1.82, 2.24) is 0 Å². The van der Waals surface area contributed by atoms with E-state index in [2.05, 4.69) is 64.2 Å². The second kappa shape index (κ2) is 7.43. The molecule has 0 fully saturated rings. The summed E-state index contributed by atoms with van der Waals surface area (Å²) in [6.07, 6.45) is 17.0. The summed E-state index contributed by atoms with van der Waals surface area (Å²) in [6, 6.07) is 0. The van der Waals surface area contributed by atoms with Crippen LogP contribution in [0.4, 0.5) is 0 Å². The maximum atomic E-state index is 2.53. The number of halogens is 2. The Morgan fingerprint density at radius 3 is 1.47 bits per heavy atom. The Hall–Kier alpha value is 0.410. The van der Waals surface area contributed by atoms with Gasteiger partial charge in [-0.3, -0.25) is 0 Å². The molecule has 0 amide bonds. The molecule has 0 aromatic heterocycles. The van der Waals surface area contributed by atoms with Gasteiger partial charge < -0.3 is 24.8 Å². The van der Waals surface area contributed by atoms with E-state index in [9.17, 15) is 0 Å². The smallest absolute Gasteiger partial charge is 1.00 e. The van der Waals surface area contributed by atoms with E-state index in [0.717, 1.165) is 0 Å². The van der Waals surface area contributed by atoms with Gasteiger partial charge in [0.2, 0.25) is 0 Å². The van der Waals surface area contributed by atoms with Crippen molar-refractivity contribution in [2.24, 2.45) is 0 Å². The van der Waals surface area contributed by atoms with Crippen LogP contribution in [0.1, 0.15) is 40.5 Å². The van der Waals surface area contributed by atoms with Crippen molar-refractivity contribution in [3.8, 4) is 0 Å². The minimum absolute atomic E-state index is 0. The van der Waals surface area contributed by atoms with Crippen LogP contribution in [0.2, 0.25) is 6.34 Å². The van der Waals surface area contributed by atoms with Gasteiger partial charge >= 0.3 is 117 Å². The quantitative estimate of drug-likeness (QED) is 0.481. The van der Waals surface area contributed by atoms with Gasteiger partial charge in [0.25, 0.3) is 0 Å². The van der Waals surface area contributed by atoms with Crippen molar-refractivity contribution < 1.29 is 47.7 Å². The molecular formula is C16H22Cl2Hf. The van der Waals surface area contributed by atoms with E-state index in [1.807, 2.05) is 0 Å². The molecule has 104 valence electrons. The monoisotopic (exact) mass is 464 g/mol. The summed E-state index contributed by atoms with van der Waals surface area (Å²) in [6.45, 7) is 9.38. The summed E-state index contributed by atoms with van der Waals surface area (Å²) in [7, 11) is 0. The molecule has 0 aromatic rings. The molecule has 2 unspecified atom stereocenters. The zero-order valence-corrected chi connectivity index (χ0v) is 17.2. The number of hydrogen-bond acceptors (Lipinski definition) is 0. The summed E-state index contributed by atoms with van der Waals surface area (Å²) < 4.78 is 0.869. The average Bonchev–Trinajstić information content (AvgIpc) is 2.82. The summed E-state index contributed by atoms with van der Waals surface area (Å²) in [5, 5.41) is 0. The van der Waals surface area contributed by atoms with Gasteiger partial charge in [-0.15, -0.1) is 0 Å². The normalized spacial score (nSPS) is 31.2. The topological polar surface area (TPSA) is 0 Å². The van der Waals surface area contributed by atoms with E-state index in [0.29, 0.717) is 6.34 Å². The number of hydrogen-bond donors (Lipinski definition) is 0. The van der Waals surface area contributed by atoms with Crippen molar-refractivity contribution in [2.75, 3.05) is 0 Å². The second-order valence-corrected chi connectivity index (χ2v) is 14.1. The molecule has 0 saturated heterocycles. The summed E-state index contributed by atoms with van der Waals surface area (Å²) in [4.78, 5) is 0. The fourth-order valence-corrected chi connectivity index (χ4v) is 9.92. The van der Waals surface area contributed by atoms with Crippen LogP contribution >= 0.6 is 0 Å². The Morgan fingerprint density at radius 1 is 0.842 bits per heavy atom. The fraction of sp³-hybridized carbons (Fsp3) is 0.500. The molecule has 0 heterocycles. The van der Waals surface area contributed by atoms with Gasteiger partial charge in [-0.1, -0.05) is 0 Å². The molecule has 0 saturated carbocycles. The Kier molecular flexibility index (Phi) is 7.59. The van der Waals surface area contributed by atoms with Crippen molar-refractivity contribution >= 4 is 0 Å². The van der Waals surface area contributed by atoms with Gasteiger partial charge in [0.15, 0.2) is 0 Å². The van der Waals surface area contributed by atoms with Crippen LogP contribution in [0.25, 0.3) is 0 Å². The molecule has 0 N–H and O–H groups in total. The van der Waals surface area contributed by atoms with Crippen molar-refractivity contribution in [3.05, 3.63) is 47.6 Å². The van der Waals surface area contributed by atoms with Gasteiger partial charge in [-0.05, 0) is 0 Å². The molecule has 0 aliphatic heterocycles. The maximum absolute atomic E-state index is 2.53. The number of allylic oxidation sites excluding steroid dienone is 8. The van der Waals surface area contributed by atoms with E-state index >= 15 is 0 Å². The van der Waals surface area contributed by atoms with Crippen LogP contribution in [0.3, 0.4) is 0 Å². The van der Waals surface area contributed by atoms with Crippen molar-refractivity contribution in [2.45, 2.75) is 46.9 Å². The molecule has 0 radical (unpaired) electrons. The molecule has 0 bridgehead atoms. The number of rotatable bonds is 4. The molecule has 2 rings (SSSR count). The molecule has 0 spiro atoms. The largest absolute Gasteiger partial charge is 1.00 e. The molecule has 3 heteroatoms. The first-order valence-electron chi connectivity index (χ1n) is 6.60. The second-order valence-electron chi connectivity index (χ2n) is 5.50. The third-order valence-electron chi connectivity index (χ3n) is 3.61. The fourth-order valence-electron chi connectivity index (χ4n) is 2.70. The van der Waals surface area contributed by atoms with Crippen molar-refractivity contribution in [3.63, 3.8) is 0 Å². The van der Waals surface area contributed by atoms with E-state index in [4.69, 9.17) is 0 Å². The van der Waals surface area contributed by atoms with Gasteiger partial charge in [-0.25, -0.2) is 0 Å². The van der Waals surface area contributed by atoms with Crippen LogP contribution in [0.15, 0.2) is 47.6 Å². The molecule has 2 atom stereocenters. The molecule has 19 heavy (non-hydrogen) atoms. The van der Waals surface area contributed by atoms with E-state index in [1.165, 1.54) is 24.0 Å². The Bertz CT molecular complexity index is 394. The van der Waals surface area contributed by atoms with Gasteiger partial charge in [-0.2, -0.15) is 0 Å². The predicted octanol–water partition coefficient (Wildman–Crippen LogP) is -0.753. The van der Waals surface area contributed by atoms with Gasteiger partial charge in [0.05, 0.1) is 0 Å². The van der Waals surface area contributed by atoms with Gasteiger partial charge in [0.1, 0.15) is 0 Å². The minimum atomic E-state index is -0.805. The summed E-state index contributed by atoms with van der Waals surface area (Å²) >= 11 is -0.805. The van der Waals surface area contributed by atoms with Crippen LogP contribution in [0, 0.1) is 0 Å². The summed E-state index contributed by atoms with van der Waals surface area (Å²) in [5.74, 6) is 0. The first kappa shape index (κ1) is 19.4. The molecule has 2 aliphatic rings. The third kappa shape index (κ3) is 4.72. The molecule has 0 aromatic carbocycles. The summed E-state index contributed by atoms with van der Waals surface area (Å²) in [5.41, 5.74) is 3.07. The zero-order valence-electron chi connectivity index (χ0n) is 12.1. The molecule has 2 aliphatic carbocycles. The third-order valence-corrected chi connectivity index (χ3v) is 9.72. The van der Waals surface area contributed by atoms with E-state index < -0.39 is 22.9 Å².